The predicted octanol–water partition coefficient (Wildman–Crippen LogP) is -1.66. The molecule has 1 aliphatic heterocycles. The summed E-state index contributed by atoms with van der Waals surface area (Å²) in [5.41, 5.74) is -0.0391. The number of benzene rings is 1. The van der Waals surface area contributed by atoms with Crippen molar-refractivity contribution in [1.29, 1.82) is 0 Å². The summed E-state index contributed by atoms with van der Waals surface area (Å²) >= 11 is -0.129. The van der Waals surface area contributed by atoms with Crippen molar-refractivity contribution >= 4 is 36.5 Å². The molecular formula is C20H25N5O6Se. The van der Waals surface area contributed by atoms with Crippen molar-refractivity contribution in [2.24, 2.45) is 0 Å². The van der Waals surface area contributed by atoms with Gasteiger partial charge in [0.15, 0.2) is 0 Å². The number of aromatic amines is 1. The first-order valence-electron chi connectivity index (χ1n) is 10.2. The van der Waals surface area contributed by atoms with Crippen LogP contribution in [0.1, 0.15) is 12.6 Å². The van der Waals surface area contributed by atoms with E-state index in [1.165, 1.54) is 6.33 Å². The SMILES string of the molecule is O=c1[nH]c(NCC([Se]c2ccccc2)C(O)CO)nc2c1ncn2[C@H]1C[C@H](O)[C@@H](CO)O1. The number of hydrogen-bond acceptors (Lipinski definition) is 9. The third-order valence-corrected chi connectivity index (χ3v) is 8.03. The molecule has 0 amide bonds. The Labute approximate surface area is 189 Å². The third-order valence-electron chi connectivity index (χ3n) is 5.24. The molecular weight excluding hydrogens is 485 g/mol. The number of imidazole rings is 1. The standard InChI is InChI=1S/C20H25N5O6Se/c26-8-13(29)15(32-11-4-2-1-3-5-11)7-21-20-23-18-17(19(30)24-20)22-10-25(18)16-6-12(28)14(9-27)31-16/h1-5,10,12-16,26-29H,6-9H2,(H2,21,23,24,30)/t12-,13?,14+,15?,16+/m0/s1. The van der Waals surface area contributed by atoms with Crippen LogP contribution >= 0.6 is 0 Å². The molecule has 2 aromatic heterocycles. The molecule has 32 heavy (non-hydrogen) atoms. The number of aliphatic hydroxyl groups is 4. The summed E-state index contributed by atoms with van der Waals surface area (Å²) < 4.78 is 8.29. The van der Waals surface area contributed by atoms with Gasteiger partial charge in [0.1, 0.15) is 0 Å². The number of ether oxygens (including phenoxy) is 1. The van der Waals surface area contributed by atoms with Crippen molar-refractivity contribution in [2.75, 3.05) is 25.1 Å². The van der Waals surface area contributed by atoms with Crippen molar-refractivity contribution in [2.45, 2.75) is 35.8 Å². The van der Waals surface area contributed by atoms with Gasteiger partial charge < -0.3 is 0 Å². The van der Waals surface area contributed by atoms with Crippen LogP contribution in [0.25, 0.3) is 11.2 Å². The van der Waals surface area contributed by atoms with Gasteiger partial charge in [-0.05, 0) is 0 Å². The number of rotatable bonds is 9. The van der Waals surface area contributed by atoms with Gasteiger partial charge in [0.05, 0.1) is 0 Å². The molecule has 3 heterocycles. The molecule has 1 aromatic carbocycles. The Morgan fingerprint density at radius 2 is 2.09 bits per heavy atom. The van der Waals surface area contributed by atoms with Crippen LogP contribution in [0.15, 0.2) is 41.5 Å². The van der Waals surface area contributed by atoms with Gasteiger partial charge in [0, 0.05) is 0 Å². The molecule has 1 fully saturated rings. The van der Waals surface area contributed by atoms with E-state index < -0.39 is 30.1 Å². The summed E-state index contributed by atoms with van der Waals surface area (Å²) in [6, 6.07) is 9.70. The predicted molar refractivity (Wildman–Crippen MR) is 117 cm³/mol. The summed E-state index contributed by atoms with van der Waals surface area (Å²) in [5.74, 6) is 0.195. The van der Waals surface area contributed by atoms with E-state index in [4.69, 9.17) is 4.74 Å². The Morgan fingerprint density at radius 1 is 1.31 bits per heavy atom. The van der Waals surface area contributed by atoms with E-state index >= 15 is 0 Å². The minimum atomic E-state index is -0.924. The zero-order valence-electron chi connectivity index (χ0n) is 17.0. The van der Waals surface area contributed by atoms with Crippen molar-refractivity contribution in [3.05, 3.63) is 47.0 Å². The van der Waals surface area contributed by atoms with Gasteiger partial charge in [0.25, 0.3) is 0 Å². The molecule has 5 atom stereocenters. The summed E-state index contributed by atoms with van der Waals surface area (Å²) in [6.45, 7) is -0.405. The van der Waals surface area contributed by atoms with Gasteiger partial charge in [0.2, 0.25) is 0 Å². The molecule has 172 valence electrons. The molecule has 1 saturated heterocycles. The fraction of sp³-hybridized carbons (Fsp3) is 0.450. The number of hydrogen-bond donors (Lipinski definition) is 6. The maximum atomic E-state index is 12.5. The van der Waals surface area contributed by atoms with E-state index in [2.05, 4.69) is 20.3 Å². The summed E-state index contributed by atoms with van der Waals surface area (Å²) in [7, 11) is 0. The van der Waals surface area contributed by atoms with E-state index in [1.54, 1.807) is 4.57 Å². The molecule has 3 aromatic rings. The van der Waals surface area contributed by atoms with Gasteiger partial charge in [-0.25, -0.2) is 0 Å². The summed E-state index contributed by atoms with van der Waals surface area (Å²) in [5, 5.41) is 42.1. The number of fused-ring (bicyclic) bond motifs is 1. The molecule has 4 rings (SSSR count). The molecule has 0 aliphatic carbocycles. The monoisotopic (exact) mass is 511 g/mol. The second-order valence-corrected chi connectivity index (χ2v) is 10.2. The fourth-order valence-corrected chi connectivity index (χ4v) is 5.77. The average Bonchev–Trinajstić information content (AvgIpc) is 3.40. The second kappa shape index (κ2) is 10.1. The third kappa shape index (κ3) is 4.86. The molecule has 1 aliphatic rings. The van der Waals surface area contributed by atoms with Crippen molar-refractivity contribution in [1.82, 2.24) is 19.5 Å². The fourth-order valence-electron chi connectivity index (χ4n) is 3.52. The Hall–Kier alpha value is -2.31. The van der Waals surface area contributed by atoms with Gasteiger partial charge in [-0.15, -0.1) is 0 Å². The van der Waals surface area contributed by atoms with E-state index in [0.717, 1.165) is 4.46 Å². The van der Waals surface area contributed by atoms with Crippen LogP contribution in [0.2, 0.25) is 4.82 Å². The molecule has 12 heteroatoms. The number of aromatic nitrogens is 4. The maximum absolute atomic E-state index is 12.5. The normalized spacial score (nSPS) is 22.8. The number of nitrogens with one attached hydrogen (secondary N) is 2. The van der Waals surface area contributed by atoms with Gasteiger partial charge in [-0.3, -0.25) is 0 Å². The molecule has 0 spiro atoms. The molecule has 6 N–H and O–H groups in total. The van der Waals surface area contributed by atoms with Crippen LogP contribution in [0.5, 0.6) is 0 Å². The Morgan fingerprint density at radius 3 is 2.78 bits per heavy atom. The molecule has 11 nitrogen and oxygen atoms in total. The van der Waals surface area contributed by atoms with Crippen LogP contribution in [0.3, 0.4) is 0 Å². The van der Waals surface area contributed by atoms with Crippen molar-refractivity contribution in [3.63, 3.8) is 0 Å². The van der Waals surface area contributed by atoms with Gasteiger partial charge in [-0.1, -0.05) is 0 Å². The molecule has 0 bridgehead atoms. The topological polar surface area (TPSA) is 166 Å². The van der Waals surface area contributed by atoms with Gasteiger partial charge in [-0.2, -0.15) is 0 Å². The van der Waals surface area contributed by atoms with Crippen LogP contribution in [-0.4, -0.2) is 93.0 Å². The van der Waals surface area contributed by atoms with Crippen molar-refractivity contribution < 1.29 is 25.2 Å². The number of aliphatic hydroxyl groups excluding tert-OH is 4. The zero-order valence-corrected chi connectivity index (χ0v) is 18.7. The second-order valence-electron chi connectivity index (χ2n) is 7.45. The number of anilines is 1. The quantitative estimate of drug-likeness (QED) is 0.185. The Balaban J connectivity index is 1.54. The van der Waals surface area contributed by atoms with E-state index in [1.807, 2.05) is 30.3 Å². The number of H-pyrrole nitrogens is 1. The van der Waals surface area contributed by atoms with E-state index in [-0.39, 0.29) is 63.1 Å². The van der Waals surface area contributed by atoms with Crippen LogP contribution in [-0.2, 0) is 4.74 Å². The minimum absolute atomic E-state index is 0.126. The van der Waals surface area contributed by atoms with E-state index in [0.29, 0.717) is 0 Å². The van der Waals surface area contributed by atoms with Gasteiger partial charge >= 0.3 is 189 Å². The average molecular weight is 510 g/mol. The Bertz CT molecular complexity index is 1090. The zero-order chi connectivity index (χ0) is 22.7. The first-order valence-corrected chi connectivity index (χ1v) is 12.0. The van der Waals surface area contributed by atoms with Crippen LogP contribution in [0.4, 0.5) is 5.95 Å². The summed E-state index contributed by atoms with van der Waals surface area (Å²) in [6.07, 6.45) is -1.42. The van der Waals surface area contributed by atoms with Crippen LogP contribution in [0, 0.1) is 0 Å². The first kappa shape index (κ1) is 22.9. The summed E-state index contributed by atoms with van der Waals surface area (Å²) in [4.78, 5) is 23.4. The molecule has 0 saturated carbocycles. The van der Waals surface area contributed by atoms with Crippen LogP contribution < -0.4 is 15.3 Å². The molecule has 0 radical (unpaired) electrons. The van der Waals surface area contributed by atoms with E-state index in [9.17, 15) is 25.2 Å². The van der Waals surface area contributed by atoms with Crippen molar-refractivity contribution in [3.8, 4) is 0 Å². The Kier molecular flexibility index (Phi) is 7.21. The number of nitrogens with zero attached hydrogens (tertiary/aromatic N) is 3. The molecule has 2 unspecified atom stereocenters. The first-order chi connectivity index (χ1) is 15.5.